The Morgan fingerprint density at radius 2 is 1.62 bits per heavy atom. The first kappa shape index (κ1) is 19.1. The summed E-state index contributed by atoms with van der Waals surface area (Å²) in [5.74, 6) is -0.554. The highest BCUT2D eigenvalue weighted by Gasteiger charge is 2.29. The number of hydrazone groups is 1. The molecule has 2 heterocycles. The maximum Gasteiger partial charge on any atom is 0.270 e. The van der Waals surface area contributed by atoms with E-state index in [0.717, 1.165) is 24.3 Å². The molecule has 0 aliphatic carbocycles. The zero-order valence-electron chi connectivity index (χ0n) is 16.1. The zero-order valence-corrected chi connectivity index (χ0v) is 16.1. The van der Waals surface area contributed by atoms with Crippen molar-refractivity contribution in [1.82, 2.24) is 9.91 Å². The van der Waals surface area contributed by atoms with Crippen molar-refractivity contribution >= 4 is 23.2 Å². The smallest absolute Gasteiger partial charge is 0.270 e. The Balaban J connectivity index is 1.40. The van der Waals surface area contributed by atoms with Crippen molar-refractivity contribution in [3.8, 4) is 0 Å². The van der Waals surface area contributed by atoms with Gasteiger partial charge in [0, 0.05) is 44.7 Å². The molecule has 0 unspecified atom stereocenters. The molecule has 0 radical (unpaired) electrons. The molecular weight excluding hydrogens is 371 g/mol. The fraction of sp³-hybridized carbons (Fsp3) is 0.318. The van der Waals surface area contributed by atoms with Crippen LogP contribution in [0, 0.1) is 5.82 Å². The molecule has 0 spiro atoms. The van der Waals surface area contributed by atoms with E-state index in [9.17, 15) is 14.0 Å². The van der Waals surface area contributed by atoms with Crippen molar-refractivity contribution in [3.05, 3.63) is 66.0 Å². The second-order valence-corrected chi connectivity index (χ2v) is 7.24. The van der Waals surface area contributed by atoms with Crippen molar-refractivity contribution in [2.24, 2.45) is 5.10 Å². The summed E-state index contributed by atoms with van der Waals surface area (Å²) in [7, 11) is 0. The third kappa shape index (κ3) is 4.45. The van der Waals surface area contributed by atoms with E-state index in [-0.39, 0.29) is 30.6 Å². The lowest BCUT2D eigenvalue weighted by atomic mass is 10.1. The Morgan fingerprint density at radius 3 is 2.31 bits per heavy atom. The van der Waals surface area contributed by atoms with Crippen molar-refractivity contribution in [3.63, 3.8) is 0 Å². The van der Waals surface area contributed by atoms with Crippen LogP contribution in [0.3, 0.4) is 0 Å². The van der Waals surface area contributed by atoms with Gasteiger partial charge in [0.2, 0.25) is 5.91 Å². The molecule has 0 N–H and O–H groups in total. The quantitative estimate of drug-likeness (QED) is 0.801. The van der Waals surface area contributed by atoms with Gasteiger partial charge in [-0.15, -0.1) is 0 Å². The summed E-state index contributed by atoms with van der Waals surface area (Å²) < 4.78 is 13.1. The van der Waals surface area contributed by atoms with E-state index >= 15 is 0 Å². The predicted octanol–water partition coefficient (Wildman–Crippen LogP) is 2.65. The van der Waals surface area contributed by atoms with E-state index in [1.165, 1.54) is 17.1 Å². The molecule has 0 atom stereocenters. The molecule has 0 aromatic heterocycles. The topological polar surface area (TPSA) is 56.2 Å². The van der Waals surface area contributed by atoms with Gasteiger partial charge in [-0.2, -0.15) is 5.10 Å². The van der Waals surface area contributed by atoms with Gasteiger partial charge in [-0.25, -0.2) is 9.40 Å². The van der Waals surface area contributed by atoms with Crippen LogP contribution in [0.4, 0.5) is 10.1 Å². The summed E-state index contributed by atoms with van der Waals surface area (Å²) in [4.78, 5) is 29.2. The molecule has 150 valence electrons. The van der Waals surface area contributed by atoms with Gasteiger partial charge in [-0.3, -0.25) is 9.59 Å². The average molecular weight is 394 g/mol. The highest BCUT2D eigenvalue weighted by molar-refractivity contribution is 6.39. The molecule has 7 heteroatoms. The van der Waals surface area contributed by atoms with Crippen LogP contribution in [0.15, 0.2) is 59.7 Å². The summed E-state index contributed by atoms with van der Waals surface area (Å²) in [6.45, 7) is 3.01. The number of benzene rings is 2. The first-order chi connectivity index (χ1) is 14.1. The van der Waals surface area contributed by atoms with Crippen LogP contribution >= 0.6 is 0 Å². The molecule has 6 nitrogen and oxygen atoms in total. The molecular formula is C22H23FN4O2. The number of amides is 2. The summed E-state index contributed by atoms with van der Waals surface area (Å²) in [5, 5.41) is 5.66. The zero-order chi connectivity index (χ0) is 20.2. The Morgan fingerprint density at radius 1 is 0.931 bits per heavy atom. The van der Waals surface area contributed by atoms with Gasteiger partial charge in [0.05, 0.1) is 6.54 Å². The van der Waals surface area contributed by atoms with E-state index in [0.29, 0.717) is 25.2 Å². The van der Waals surface area contributed by atoms with Gasteiger partial charge in [-0.1, -0.05) is 30.3 Å². The molecule has 4 rings (SSSR count). The number of nitrogens with zero attached hydrogens (tertiary/aromatic N) is 4. The normalized spacial score (nSPS) is 17.3. The number of carbonyl (C=O) groups excluding carboxylic acids is 2. The maximum atomic E-state index is 13.1. The van der Waals surface area contributed by atoms with E-state index < -0.39 is 0 Å². The average Bonchev–Trinajstić information content (AvgIpc) is 2.77. The van der Waals surface area contributed by atoms with Crippen molar-refractivity contribution in [2.45, 2.75) is 19.4 Å². The third-order valence-corrected chi connectivity index (χ3v) is 5.29. The van der Waals surface area contributed by atoms with E-state index in [2.05, 4.69) is 22.1 Å². The van der Waals surface area contributed by atoms with Crippen molar-refractivity contribution in [2.75, 3.05) is 31.1 Å². The van der Waals surface area contributed by atoms with E-state index in [4.69, 9.17) is 0 Å². The van der Waals surface area contributed by atoms with E-state index in [1.54, 1.807) is 12.1 Å². The maximum absolute atomic E-state index is 13.1. The predicted molar refractivity (Wildman–Crippen MR) is 109 cm³/mol. The first-order valence-corrected chi connectivity index (χ1v) is 9.82. The lowest BCUT2D eigenvalue weighted by Gasteiger charge is -2.36. The summed E-state index contributed by atoms with van der Waals surface area (Å²) in [6, 6.07) is 16.1. The number of anilines is 1. The summed E-state index contributed by atoms with van der Waals surface area (Å²) >= 11 is 0. The Labute approximate surface area is 169 Å². The number of rotatable bonds is 4. The molecule has 0 bridgehead atoms. The second kappa shape index (κ2) is 8.43. The van der Waals surface area contributed by atoms with Crippen LogP contribution < -0.4 is 4.90 Å². The molecule has 2 aromatic rings. The van der Waals surface area contributed by atoms with Gasteiger partial charge in [-0.05, 0) is 29.8 Å². The van der Waals surface area contributed by atoms with Crippen LogP contribution in [0.5, 0.6) is 0 Å². The van der Waals surface area contributed by atoms with Crippen molar-refractivity contribution < 1.29 is 14.0 Å². The fourth-order valence-electron chi connectivity index (χ4n) is 3.63. The first-order valence-electron chi connectivity index (χ1n) is 9.82. The molecule has 0 saturated carbocycles. The van der Waals surface area contributed by atoms with Gasteiger partial charge in [0.25, 0.3) is 5.91 Å². The highest BCUT2D eigenvalue weighted by atomic mass is 19.1. The number of hydrogen-bond acceptors (Lipinski definition) is 4. The Hall–Kier alpha value is -3.22. The minimum Gasteiger partial charge on any atom is -0.368 e. The number of piperazine rings is 1. The molecule has 2 aliphatic heterocycles. The lowest BCUT2D eigenvalue weighted by molar-refractivity contribution is -0.132. The molecule has 2 amide bonds. The lowest BCUT2D eigenvalue weighted by Crippen LogP contribution is -2.51. The van der Waals surface area contributed by atoms with Crippen LogP contribution in [-0.4, -0.2) is 53.6 Å². The molecule has 1 fully saturated rings. The van der Waals surface area contributed by atoms with Crippen LogP contribution in [0.1, 0.15) is 18.4 Å². The second-order valence-electron chi connectivity index (χ2n) is 7.24. The molecule has 1 saturated heterocycles. The highest BCUT2D eigenvalue weighted by Crippen LogP contribution is 2.18. The van der Waals surface area contributed by atoms with Gasteiger partial charge in [0.1, 0.15) is 11.5 Å². The minimum atomic E-state index is -0.326. The Bertz CT molecular complexity index is 906. The largest absolute Gasteiger partial charge is 0.368 e. The van der Waals surface area contributed by atoms with Gasteiger partial charge in [0.15, 0.2) is 0 Å². The molecule has 2 aliphatic rings. The van der Waals surface area contributed by atoms with Crippen LogP contribution in [-0.2, 0) is 16.1 Å². The molecule has 2 aromatic carbocycles. The molecule has 29 heavy (non-hydrogen) atoms. The standard InChI is InChI=1S/C22H23FN4O2/c23-18-8-6-17(7-9-18)16-27-21(28)11-10-20(24-27)22(29)26-14-12-25(13-15-26)19-4-2-1-3-5-19/h1-9H,10-16H2. The summed E-state index contributed by atoms with van der Waals surface area (Å²) in [6.07, 6.45) is 0.617. The number of para-hydroxylation sites is 1. The minimum absolute atomic E-state index is 0.102. The van der Waals surface area contributed by atoms with Gasteiger partial charge < -0.3 is 9.80 Å². The number of halogens is 1. The van der Waals surface area contributed by atoms with Crippen LogP contribution in [0.25, 0.3) is 0 Å². The number of carbonyl (C=O) groups is 2. The fourth-order valence-corrected chi connectivity index (χ4v) is 3.63. The monoisotopic (exact) mass is 394 g/mol. The van der Waals surface area contributed by atoms with E-state index in [1.807, 2.05) is 23.1 Å². The SMILES string of the molecule is O=C(C1=NN(Cc2ccc(F)cc2)C(=O)CC1)N1CCN(c2ccccc2)CC1. The summed E-state index contributed by atoms with van der Waals surface area (Å²) in [5.41, 5.74) is 2.35. The third-order valence-electron chi connectivity index (χ3n) is 5.29. The van der Waals surface area contributed by atoms with Crippen molar-refractivity contribution in [1.29, 1.82) is 0 Å². The Kier molecular flexibility index (Phi) is 5.55. The van der Waals surface area contributed by atoms with Crippen LogP contribution in [0.2, 0.25) is 0 Å². The van der Waals surface area contributed by atoms with Gasteiger partial charge >= 0.3 is 0 Å². The number of hydrogen-bond donors (Lipinski definition) is 0.